The summed E-state index contributed by atoms with van der Waals surface area (Å²) < 4.78 is 27.3. The van der Waals surface area contributed by atoms with Crippen molar-refractivity contribution in [2.24, 2.45) is 0 Å². The summed E-state index contributed by atoms with van der Waals surface area (Å²) in [5.41, 5.74) is 1.01. The molecule has 0 N–H and O–H groups in total. The molecule has 29 heavy (non-hydrogen) atoms. The SMILES string of the molecule is Cc1c(N2CCN(S(=O)(=O)c3c(Cl)cccc3Cl)CC2)cc(C#N)cc1[N+](=O)[O-]. The van der Waals surface area contributed by atoms with Crippen molar-refractivity contribution in [3.63, 3.8) is 0 Å². The van der Waals surface area contributed by atoms with Gasteiger partial charge in [-0.05, 0) is 25.1 Å². The molecule has 0 radical (unpaired) electrons. The Balaban J connectivity index is 1.87. The van der Waals surface area contributed by atoms with Crippen LogP contribution in [0.1, 0.15) is 11.1 Å². The first kappa shape index (κ1) is 21.3. The van der Waals surface area contributed by atoms with E-state index in [0.29, 0.717) is 24.3 Å². The monoisotopic (exact) mass is 454 g/mol. The number of benzene rings is 2. The van der Waals surface area contributed by atoms with Gasteiger partial charge in [-0.15, -0.1) is 0 Å². The number of hydrogen-bond donors (Lipinski definition) is 0. The third-order valence-corrected chi connectivity index (χ3v) is 7.63. The predicted molar refractivity (Wildman–Crippen MR) is 110 cm³/mol. The van der Waals surface area contributed by atoms with E-state index in [4.69, 9.17) is 23.2 Å². The number of nitro benzene ring substituents is 1. The molecule has 0 saturated carbocycles. The van der Waals surface area contributed by atoms with Gasteiger partial charge in [0.05, 0.1) is 32.2 Å². The number of nitro groups is 1. The van der Waals surface area contributed by atoms with E-state index in [1.807, 2.05) is 11.0 Å². The summed E-state index contributed by atoms with van der Waals surface area (Å²) in [4.78, 5) is 12.5. The van der Waals surface area contributed by atoms with Crippen LogP contribution in [-0.4, -0.2) is 43.8 Å². The van der Waals surface area contributed by atoms with Gasteiger partial charge in [0.2, 0.25) is 10.0 Å². The van der Waals surface area contributed by atoms with E-state index in [-0.39, 0.29) is 39.3 Å². The molecule has 11 heteroatoms. The van der Waals surface area contributed by atoms with E-state index >= 15 is 0 Å². The molecule has 1 heterocycles. The van der Waals surface area contributed by atoms with Crippen LogP contribution >= 0.6 is 23.2 Å². The summed E-state index contributed by atoms with van der Waals surface area (Å²) in [6.45, 7) is 2.51. The highest BCUT2D eigenvalue weighted by Gasteiger charge is 2.33. The molecule has 1 aliphatic heterocycles. The first-order valence-corrected chi connectivity index (χ1v) is 10.7. The van der Waals surface area contributed by atoms with Crippen molar-refractivity contribution in [2.75, 3.05) is 31.1 Å². The zero-order valence-electron chi connectivity index (χ0n) is 15.3. The fourth-order valence-electron chi connectivity index (χ4n) is 3.29. The van der Waals surface area contributed by atoms with Crippen LogP contribution < -0.4 is 4.90 Å². The first-order valence-electron chi connectivity index (χ1n) is 8.55. The number of halogens is 2. The van der Waals surface area contributed by atoms with Crippen molar-refractivity contribution in [1.82, 2.24) is 4.31 Å². The van der Waals surface area contributed by atoms with Crippen LogP contribution in [-0.2, 0) is 10.0 Å². The highest BCUT2D eigenvalue weighted by atomic mass is 35.5. The van der Waals surface area contributed by atoms with Crippen molar-refractivity contribution < 1.29 is 13.3 Å². The fourth-order valence-corrected chi connectivity index (χ4v) is 5.81. The molecule has 0 aliphatic carbocycles. The minimum atomic E-state index is -3.89. The molecule has 8 nitrogen and oxygen atoms in total. The summed E-state index contributed by atoms with van der Waals surface area (Å²) in [6, 6.07) is 9.24. The maximum absolute atomic E-state index is 13.0. The Morgan fingerprint density at radius 3 is 2.24 bits per heavy atom. The Labute approximate surface area is 178 Å². The van der Waals surface area contributed by atoms with Crippen LogP contribution in [0.5, 0.6) is 0 Å². The van der Waals surface area contributed by atoms with E-state index in [9.17, 15) is 23.8 Å². The molecule has 1 fully saturated rings. The van der Waals surface area contributed by atoms with Gasteiger partial charge < -0.3 is 4.90 Å². The summed E-state index contributed by atoms with van der Waals surface area (Å²) in [7, 11) is -3.89. The van der Waals surface area contributed by atoms with Gasteiger partial charge in [-0.1, -0.05) is 29.3 Å². The van der Waals surface area contributed by atoms with E-state index in [0.717, 1.165) is 0 Å². The van der Waals surface area contributed by atoms with Crippen molar-refractivity contribution in [1.29, 1.82) is 5.26 Å². The van der Waals surface area contributed by atoms with Gasteiger partial charge in [0.1, 0.15) is 4.90 Å². The molecule has 2 aromatic rings. The Morgan fingerprint density at radius 2 is 1.72 bits per heavy atom. The Kier molecular flexibility index (Phi) is 6.00. The number of rotatable bonds is 4. The molecule has 1 aliphatic rings. The third kappa shape index (κ3) is 4.02. The van der Waals surface area contributed by atoms with Crippen molar-refractivity contribution in [2.45, 2.75) is 11.8 Å². The van der Waals surface area contributed by atoms with E-state index in [1.165, 1.54) is 22.5 Å². The number of hydrogen-bond acceptors (Lipinski definition) is 6. The number of nitrogens with zero attached hydrogens (tertiary/aromatic N) is 4. The van der Waals surface area contributed by atoms with Crippen LogP contribution in [0, 0.1) is 28.4 Å². The van der Waals surface area contributed by atoms with Gasteiger partial charge in [-0.25, -0.2) is 8.42 Å². The van der Waals surface area contributed by atoms with Gasteiger partial charge >= 0.3 is 0 Å². The topological polar surface area (TPSA) is 108 Å². The molecule has 0 amide bonds. The van der Waals surface area contributed by atoms with Gasteiger partial charge in [-0.3, -0.25) is 10.1 Å². The second kappa shape index (κ2) is 8.16. The predicted octanol–water partition coefficient (Wildman–Crippen LogP) is 3.59. The second-order valence-corrected chi connectivity index (χ2v) is 9.14. The molecule has 0 spiro atoms. The Hall–Kier alpha value is -2.38. The van der Waals surface area contributed by atoms with Crippen LogP contribution in [0.25, 0.3) is 0 Å². The van der Waals surface area contributed by atoms with Gasteiger partial charge in [0.25, 0.3) is 5.69 Å². The van der Waals surface area contributed by atoms with E-state index in [2.05, 4.69) is 0 Å². The van der Waals surface area contributed by atoms with E-state index < -0.39 is 14.9 Å². The standard InChI is InChI=1S/C18H16Cl2N4O4S/c1-12-16(9-13(11-21)10-17(12)24(25)26)22-5-7-23(8-6-22)29(27,28)18-14(19)3-2-4-15(18)20/h2-4,9-10H,5-8H2,1H3. The molecular weight excluding hydrogens is 439 g/mol. The molecule has 2 aromatic carbocycles. The molecular formula is C18H16Cl2N4O4S. The average Bonchev–Trinajstić information content (AvgIpc) is 2.67. The molecule has 0 unspecified atom stereocenters. The zero-order chi connectivity index (χ0) is 21.3. The lowest BCUT2D eigenvalue weighted by Crippen LogP contribution is -2.49. The highest BCUT2D eigenvalue weighted by Crippen LogP contribution is 2.34. The lowest BCUT2D eigenvalue weighted by molar-refractivity contribution is -0.385. The summed E-state index contributed by atoms with van der Waals surface area (Å²) in [6.07, 6.45) is 0. The fraction of sp³-hybridized carbons (Fsp3) is 0.278. The highest BCUT2D eigenvalue weighted by molar-refractivity contribution is 7.89. The maximum atomic E-state index is 13.0. The lowest BCUT2D eigenvalue weighted by atomic mass is 10.1. The quantitative estimate of drug-likeness (QED) is 0.515. The van der Waals surface area contributed by atoms with Gasteiger partial charge in [0.15, 0.2) is 0 Å². The molecule has 0 bridgehead atoms. The lowest BCUT2D eigenvalue weighted by Gasteiger charge is -2.36. The van der Waals surface area contributed by atoms with Gasteiger partial charge in [0, 0.05) is 37.9 Å². The normalized spacial score (nSPS) is 15.2. The molecule has 0 atom stereocenters. The molecule has 3 rings (SSSR count). The smallest absolute Gasteiger partial charge is 0.275 e. The van der Waals surface area contributed by atoms with Crippen LogP contribution in [0.15, 0.2) is 35.2 Å². The maximum Gasteiger partial charge on any atom is 0.275 e. The van der Waals surface area contributed by atoms with Crippen molar-refractivity contribution in [3.8, 4) is 6.07 Å². The minimum Gasteiger partial charge on any atom is -0.368 e. The minimum absolute atomic E-state index is 0.0492. The zero-order valence-corrected chi connectivity index (χ0v) is 17.6. The van der Waals surface area contributed by atoms with E-state index in [1.54, 1.807) is 19.1 Å². The summed E-state index contributed by atoms with van der Waals surface area (Å²) >= 11 is 12.1. The van der Waals surface area contributed by atoms with Crippen LogP contribution in [0.4, 0.5) is 11.4 Å². The van der Waals surface area contributed by atoms with Gasteiger partial charge in [-0.2, -0.15) is 9.57 Å². The number of anilines is 1. The number of piperazine rings is 1. The first-order chi connectivity index (χ1) is 13.7. The molecule has 0 aromatic heterocycles. The second-order valence-electron chi connectivity index (χ2n) is 6.45. The molecule has 152 valence electrons. The van der Waals surface area contributed by atoms with Crippen molar-refractivity contribution >= 4 is 44.6 Å². The molecule has 1 saturated heterocycles. The van der Waals surface area contributed by atoms with Crippen molar-refractivity contribution in [3.05, 3.63) is 61.6 Å². The summed E-state index contributed by atoms with van der Waals surface area (Å²) in [5.74, 6) is 0. The number of nitriles is 1. The Morgan fingerprint density at radius 1 is 1.14 bits per heavy atom. The largest absolute Gasteiger partial charge is 0.368 e. The average molecular weight is 455 g/mol. The third-order valence-electron chi connectivity index (χ3n) is 4.77. The van der Waals surface area contributed by atoms with Crippen LogP contribution in [0.3, 0.4) is 0 Å². The number of sulfonamides is 1. The summed E-state index contributed by atoms with van der Waals surface area (Å²) in [5, 5.41) is 20.6. The van der Waals surface area contributed by atoms with Crippen LogP contribution in [0.2, 0.25) is 10.0 Å². The Bertz CT molecular complexity index is 1100.